The van der Waals surface area contributed by atoms with E-state index in [1.807, 2.05) is 13.8 Å². The Balaban J connectivity index is 0.000000686. The number of rotatable bonds is 1. The fourth-order valence-electron chi connectivity index (χ4n) is 1.88. The Morgan fingerprint density at radius 3 is 2.71 bits per heavy atom. The number of esters is 1. The second-order valence-corrected chi connectivity index (χ2v) is 4.86. The molecule has 0 saturated carbocycles. The lowest BCUT2D eigenvalue weighted by atomic mass is 10.0. The summed E-state index contributed by atoms with van der Waals surface area (Å²) in [6.45, 7) is 5.84. The van der Waals surface area contributed by atoms with E-state index in [-0.39, 0.29) is 5.97 Å². The first-order chi connectivity index (χ1) is 8.13. The molecule has 17 heavy (non-hydrogen) atoms. The molecule has 0 fully saturated rings. The first kappa shape index (κ1) is 14.0. The van der Waals surface area contributed by atoms with Gasteiger partial charge in [-0.05, 0) is 19.0 Å². The van der Waals surface area contributed by atoms with Crippen molar-refractivity contribution in [3.8, 4) is 0 Å². The SMILES string of the molecule is CC.COC(=O)c1c(N)sc2c1CCN(C)C2. The number of ether oxygens (including phenoxy) is 1. The number of fused-ring (bicyclic) bond motifs is 1. The molecule has 2 N–H and O–H groups in total. The number of hydrogen-bond donors (Lipinski definition) is 1. The van der Waals surface area contributed by atoms with Crippen molar-refractivity contribution in [2.24, 2.45) is 0 Å². The van der Waals surface area contributed by atoms with E-state index in [4.69, 9.17) is 10.5 Å². The Hall–Kier alpha value is -1.07. The molecule has 0 spiro atoms. The van der Waals surface area contributed by atoms with Gasteiger partial charge in [0.05, 0.1) is 12.7 Å². The lowest BCUT2D eigenvalue weighted by molar-refractivity contribution is 0.0600. The third-order valence-corrected chi connectivity index (χ3v) is 3.71. The molecule has 0 aliphatic carbocycles. The van der Waals surface area contributed by atoms with Crippen LogP contribution in [-0.4, -0.2) is 31.6 Å². The summed E-state index contributed by atoms with van der Waals surface area (Å²) in [5.74, 6) is -0.311. The van der Waals surface area contributed by atoms with Crippen molar-refractivity contribution in [2.75, 3.05) is 26.4 Å². The minimum Gasteiger partial charge on any atom is -0.465 e. The lowest BCUT2D eigenvalue weighted by Crippen LogP contribution is -2.26. The standard InChI is InChI=1S/C10H14N2O2S.C2H6/c1-12-4-3-6-7(5-12)15-9(11)8(6)10(13)14-2;1-2/h3-5,11H2,1-2H3;1-2H3. The maximum atomic E-state index is 11.5. The smallest absolute Gasteiger partial charge is 0.341 e. The molecule has 0 saturated heterocycles. The molecular weight excluding hydrogens is 236 g/mol. The van der Waals surface area contributed by atoms with Crippen LogP contribution in [0.5, 0.6) is 0 Å². The quantitative estimate of drug-likeness (QED) is 0.782. The largest absolute Gasteiger partial charge is 0.465 e. The van der Waals surface area contributed by atoms with Gasteiger partial charge in [0, 0.05) is 18.0 Å². The van der Waals surface area contributed by atoms with Crippen molar-refractivity contribution < 1.29 is 9.53 Å². The Kier molecular flexibility index (Phi) is 4.96. The summed E-state index contributed by atoms with van der Waals surface area (Å²) < 4.78 is 4.74. The Morgan fingerprint density at radius 1 is 1.47 bits per heavy atom. The summed E-state index contributed by atoms with van der Waals surface area (Å²) in [4.78, 5) is 15.0. The molecule has 1 aromatic heterocycles. The minimum absolute atomic E-state index is 0.311. The van der Waals surface area contributed by atoms with Crippen LogP contribution in [0, 0.1) is 0 Å². The van der Waals surface area contributed by atoms with Gasteiger partial charge in [0.2, 0.25) is 0 Å². The number of nitrogens with two attached hydrogens (primary N) is 1. The maximum absolute atomic E-state index is 11.5. The van der Waals surface area contributed by atoms with E-state index in [2.05, 4.69) is 11.9 Å². The van der Waals surface area contributed by atoms with E-state index in [1.54, 1.807) is 0 Å². The van der Waals surface area contributed by atoms with E-state index < -0.39 is 0 Å². The van der Waals surface area contributed by atoms with Gasteiger partial charge in [0.1, 0.15) is 5.00 Å². The number of nitrogens with zero attached hydrogens (tertiary/aromatic N) is 1. The molecule has 0 unspecified atom stereocenters. The van der Waals surface area contributed by atoms with Crippen molar-refractivity contribution in [2.45, 2.75) is 26.8 Å². The van der Waals surface area contributed by atoms with Gasteiger partial charge in [-0.15, -0.1) is 11.3 Å². The van der Waals surface area contributed by atoms with E-state index >= 15 is 0 Å². The zero-order valence-electron chi connectivity index (χ0n) is 10.9. The molecule has 0 bridgehead atoms. The van der Waals surface area contributed by atoms with Crippen LogP contribution in [-0.2, 0) is 17.7 Å². The highest BCUT2D eigenvalue weighted by molar-refractivity contribution is 7.16. The Bertz CT molecular complexity index is 401. The van der Waals surface area contributed by atoms with Crippen molar-refractivity contribution in [3.05, 3.63) is 16.0 Å². The highest BCUT2D eigenvalue weighted by Crippen LogP contribution is 2.34. The van der Waals surface area contributed by atoms with Gasteiger partial charge < -0.3 is 15.4 Å². The first-order valence-corrected chi connectivity index (χ1v) is 6.62. The first-order valence-electron chi connectivity index (χ1n) is 5.80. The van der Waals surface area contributed by atoms with E-state index in [1.165, 1.54) is 23.3 Å². The van der Waals surface area contributed by atoms with E-state index in [0.29, 0.717) is 10.6 Å². The Morgan fingerprint density at radius 2 is 2.12 bits per heavy atom. The number of carbonyl (C=O) groups is 1. The minimum atomic E-state index is -0.311. The van der Waals surface area contributed by atoms with Crippen LogP contribution in [0.3, 0.4) is 0 Å². The molecule has 1 aliphatic heterocycles. The number of anilines is 1. The van der Waals surface area contributed by atoms with E-state index in [0.717, 1.165) is 25.1 Å². The van der Waals surface area contributed by atoms with Crippen LogP contribution in [0.4, 0.5) is 5.00 Å². The Labute approximate surface area is 106 Å². The van der Waals surface area contributed by atoms with E-state index in [9.17, 15) is 4.79 Å². The molecule has 5 heteroatoms. The maximum Gasteiger partial charge on any atom is 0.341 e. The summed E-state index contributed by atoms with van der Waals surface area (Å²) in [5, 5.41) is 0.585. The average Bonchev–Trinajstić information content (AvgIpc) is 2.66. The third kappa shape index (κ3) is 2.79. The number of hydrogen-bond acceptors (Lipinski definition) is 5. The van der Waals surface area contributed by atoms with Crippen LogP contribution < -0.4 is 5.73 Å². The van der Waals surface area contributed by atoms with Crippen LogP contribution in [0.1, 0.15) is 34.6 Å². The van der Waals surface area contributed by atoms with Crippen molar-refractivity contribution in [3.63, 3.8) is 0 Å². The van der Waals surface area contributed by atoms with Gasteiger partial charge in [-0.1, -0.05) is 13.8 Å². The van der Waals surface area contributed by atoms with Gasteiger partial charge >= 0.3 is 5.97 Å². The number of thiophene rings is 1. The number of likely N-dealkylation sites (N-methyl/N-ethyl adjacent to an activating group) is 1. The van der Waals surface area contributed by atoms with Crippen LogP contribution >= 0.6 is 11.3 Å². The number of carbonyl (C=O) groups excluding carboxylic acids is 1. The van der Waals surface area contributed by atoms with Gasteiger partial charge in [-0.2, -0.15) is 0 Å². The molecule has 0 amide bonds. The molecule has 1 aliphatic rings. The average molecular weight is 256 g/mol. The summed E-state index contributed by atoms with van der Waals surface area (Å²) in [7, 11) is 3.46. The number of nitrogen functional groups attached to an aromatic ring is 1. The predicted octanol–water partition coefficient (Wildman–Crippen LogP) is 2.13. The van der Waals surface area contributed by atoms with Gasteiger partial charge in [-0.3, -0.25) is 0 Å². The van der Waals surface area contributed by atoms with Crippen LogP contribution in [0.2, 0.25) is 0 Å². The second-order valence-electron chi connectivity index (χ2n) is 3.72. The molecule has 0 radical (unpaired) electrons. The van der Waals surface area contributed by atoms with Gasteiger partial charge in [-0.25, -0.2) is 4.79 Å². The molecule has 2 heterocycles. The monoisotopic (exact) mass is 256 g/mol. The van der Waals surface area contributed by atoms with Crippen molar-refractivity contribution >= 4 is 22.3 Å². The predicted molar refractivity (Wildman–Crippen MR) is 71.5 cm³/mol. The van der Waals surface area contributed by atoms with Crippen LogP contribution in [0.25, 0.3) is 0 Å². The normalized spacial score (nSPS) is 14.6. The molecule has 0 atom stereocenters. The fraction of sp³-hybridized carbons (Fsp3) is 0.583. The highest BCUT2D eigenvalue weighted by Gasteiger charge is 2.25. The van der Waals surface area contributed by atoms with Gasteiger partial charge in [0.25, 0.3) is 0 Å². The molecule has 96 valence electrons. The fourth-order valence-corrected chi connectivity index (χ4v) is 3.06. The molecule has 4 nitrogen and oxygen atoms in total. The lowest BCUT2D eigenvalue weighted by Gasteiger charge is -2.22. The molecule has 2 rings (SSSR count). The summed E-state index contributed by atoms with van der Waals surface area (Å²) in [6.07, 6.45) is 0.879. The topological polar surface area (TPSA) is 55.6 Å². The van der Waals surface area contributed by atoms with Gasteiger partial charge in [0.15, 0.2) is 0 Å². The zero-order chi connectivity index (χ0) is 13.0. The van der Waals surface area contributed by atoms with Crippen molar-refractivity contribution in [1.29, 1.82) is 0 Å². The third-order valence-electron chi connectivity index (χ3n) is 2.66. The number of methoxy groups -OCH3 is 1. The second kappa shape index (κ2) is 6.02. The van der Waals surface area contributed by atoms with Crippen molar-refractivity contribution in [1.82, 2.24) is 4.90 Å². The molecular formula is C12H20N2O2S. The summed E-state index contributed by atoms with van der Waals surface area (Å²) >= 11 is 1.50. The molecule has 0 aromatic carbocycles. The van der Waals surface area contributed by atoms with Crippen LogP contribution in [0.15, 0.2) is 0 Å². The zero-order valence-corrected chi connectivity index (χ0v) is 11.7. The molecule has 1 aromatic rings. The summed E-state index contributed by atoms with van der Waals surface area (Å²) in [5.41, 5.74) is 7.52. The summed E-state index contributed by atoms with van der Waals surface area (Å²) in [6, 6.07) is 0. The highest BCUT2D eigenvalue weighted by atomic mass is 32.1.